The monoisotopic (exact) mass is 250 g/mol. The Bertz CT molecular complexity index is 251. The van der Waals surface area contributed by atoms with Gasteiger partial charge in [0.1, 0.15) is 4.49 Å². The van der Waals surface area contributed by atoms with Gasteiger partial charge in [0.2, 0.25) is 0 Å². The zero-order valence-corrected chi connectivity index (χ0v) is 10.4. The summed E-state index contributed by atoms with van der Waals surface area (Å²) in [6.07, 6.45) is 5.46. The molecule has 0 aromatic carbocycles. The second kappa shape index (κ2) is 6.39. The van der Waals surface area contributed by atoms with Crippen LogP contribution in [-0.2, 0) is 9.53 Å². The van der Waals surface area contributed by atoms with Crippen molar-refractivity contribution in [3.63, 3.8) is 0 Å². The van der Waals surface area contributed by atoms with Gasteiger partial charge in [0.05, 0.1) is 12.2 Å². The molecule has 4 heteroatoms. The Kier molecular flexibility index (Phi) is 5.48. The first-order valence-electron chi connectivity index (χ1n) is 5.39. The van der Waals surface area contributed by atoms with E-state index < -0.39 is 0 Å². The number of carbonyl (C=O) groups is 1. The third-order valence-electron chi connectivity index (χ3n) is 2.71. The lowest BCUT2D eigenvalue weighted by molar-refractivity contribution is -0.139. The minimum absolute atomic E-state index is 0.0698. The Balaban J connectivity index is 2.73. The number of hydrogen-bond acceptors (Lipinski definition) is 2. The Labute approximate surface area is 101 Å². The average molecular weight is 251 g/mol. The number of ether oxygens (including phenoxy) is 1. The van der Waals surface area contributed by atoms with Crippen LogP contribution in [0.1, 0.15) is 39.0 Å². The molecule has 0 radical (unpaired) electrons. The number of halogens is 2. The van der Waals surface area contributed by atoms with E-state index in [1.54, 1.807) is 6.92 Å². The van der Waals surface area contributed by atoms with Crippen LogP contribution in [0.2, 0.25) is 0 Å². The summed E-state index contributed by atoms with van der Waals surface area (Å²) in [5, 5.41) is 0. The fraction of sp³-hybridized carbons (Fsp3) is 0.727. The molecule has 0 bridgehead atoms. The maximum Gasteiger partial charge on any atom is 0.336 e. The molecular weight excluding hydrogens is 235 g/mol. The Morgan fingerprint density at radius 2 is 1.87 bits per heavy atom. The Morgan fingerprint density at radius 3 is 2.33 bits per heavy atom. The van der Waals surface area contributed by atoms with Gasteiger partial charge in [0.15, 0.2) is 0 Å². The van der Waals surface area contributed by atoms with Crippen molar-refractivity contribution in [3.05, 3.63) is 10.1 Å². The van der Waals surface area contributed by atoms with Gasteiger partial charge in [-0.15, -0.1) is 0 Å². The highest BCUT2D eigenvalue weighted by atomic mass is 35.5. The minimum Gasteiger partial charge on any atom is -0.463 e. The summed E-state index contributed by atoms with van der Waals surface area (Å²) >= 11 is 11.5. The van der Waals surface area contributed by atoms with Gasteiger partial charge < -0.3 is 4.74 Å². The highest BCUT2D eigenvalue weighted by molar-refractivity contribution is 6.57. The molecule has 0 spiro atoms. The summed E-state index contributed by atoms with van der Waals surface area (Å²) in [5.41, 5.74) is 0.472. The molecule has 86 valence electrons. The summed E-state index contributed by atoms with van der Waals surface area (Å²) < 4.78 is 5.02. The van der Waals surface area contributed by atoms with E-state index in [0.717, 1.165) is 25.7 Å². The lowest BCUT2D eigenvalue weighted by Crippen LogP contribution is -2.19. The van der Waals surface area contributed by atoms with E-state index in [1.165, 1.54) is 6.42 Å². The van der Waals surface area contributed by atoms with Crippen molar-refractivity contribution in [1.29, 1.82) is 0 Å². The fourth-order valence-electron chi connectivity index (χ4n) is 2.00. The lowest BCUT2D eigenvalue weighted by Gasteiger charge is -2.23. The van der Waals surface area contributed by atoms with E-state index in [-0.39, 0.29) is 16.4 Å². The van der Waals surface area contributed by atoms with Gasteiger partial charge in [0, 0.05) is 0 Å². The van der Waals surface area contributed by atoms with Crippen LogP contribution in [0.5, 0.6) is 0 Å². The topological polar surface area (TPSA) is 26.3 Å². The van der Waals surface area contributed by atoms with Gasteiger partial charge in [0.25, 0.3) is 0 Å². The normalized spacial score (nSPS) is 17.3. The summed E-state index contributed by atoms with van der Waals surface area (Å²) in [7, 11) is 0. The second-order valence-electron chi connectivity index (χ2n) is 3.73. The second-order valence-corrected chi connectivity index (χ2v) is 4.68. The molecule has 1 fully saturated rings. The molecule has 0 saturated heterocycles. The molecule has 15 heavy (non-hydrogen) atoms. The van der Waals surface area contributed by atoms with E-state index in [4.69, 9.17) is 27.9 Å². The summed E-state index contributed by atoms with van der Waals surface area (Å²) in [6, 6.07) is 0. The first-order chi connectivity index (χ1) is 7.16. The van der Waals surface area contributed by atoms with Crippen LogP contribution in [0, 0.1) is 5.92 Å². The summed E-state index contributed by atoms with van der Waals surface area (Å²) in [6.45, 7) is 2.13. The van der Waals surface area contributed by atoms with Crippen molar-refractivity contribution >= 4 is 29.2 Å². The molecule has 0 atom stereocenters. The third-order valence-corrected chi connectivity index (χ3v) is 3.12. The molecule has 0 amide bonds. The van der Waals surface area contributed by atoms with Gasteiger partial charge in [-0.05, 0) is 25.7 Å². The number of rotatable bonds is 3. The minimum atomic E-state index is -0.357. The lowest BCUT2D eigenvalue weighted by atomic mass is 9.84. The summed E-state index contributed by atoms with van der Waals surface area (Å²) in [4.78, 5) is 11.6. The number of hydrogen-bond donors (Lipinski definition) is 0. The van der Waals surface area contributed by atoms with Gasteiger partial charge in [-0.1, -0.05) is 42.5 Å². The molecule has 1 saturated carbocycles. The average Bonchev–Trinajstić information content (AvgIpc) is 2.19. The molecule has 1 aliphatic carbocycles. The Hall–Kier alpha value is -0.210. The molecule has 1 aliphatic rings. The van der Waals surface area contributed by atoms with Gasteiger partial charge >= 0.3 is 5.97 Å². The van der Waals surface area contributed by atoms with Crippen LogP contribution in [0.3, 0.4) is 0 Å². The van der Waals surface area contributed by atoms with Crippen LogP contribution in [-0.4, -0.2) is 12.6 Å². The first-order valence-corrected chi connectivity index (χ1v) is 6.14. The zero-order chi connectivity index (χ0) is 11.3. The van der Waals surface area contributed by atoms with Gasteiger partial charge in [-0.25, -0.2) is 4.79 Å². The van der Waals surface area contributed by atoms with Gasteiger partial charge in [-0.2, -0.15) is 0 Å². The van der Waals surface area contributed by atoms with Crippen LogP contribution in [0.25, 0.3) is 0 Å². The molecule has 0 unspecified atom stereocenters. The standard InChI is InChI=1S/C11H16Cl2O2/c1-2-15-11(14)9(10(12)13)8-6-4-3-5-7-8/h8H,2-7H2,1H3. The largest absolute Gasteiger partial charge is 0.463 e. The molecule has 0 N–H and O–H groups in total. The van der Waals surface area contributed by atoms with E-state index >= 15 is 0 Å². The number of carbonyl (C=O) groups excluding carboxylic acids is 1. The van der Waals surface area contributed by atoms with E-state index in [2.05, 4.69) is 0 Å². The third kappa shape index (κ3) is 3.69. The van der Waals surface area contributed by atoms with E-state index in [1.807, 2.05) is 0 Å². The molecule has 0 heterocycles. The van der Waals surface area contributed by atoms with Crippen LogP contribution < -0.4 is 0 Å². The Morgan fingerprint density at radius 1 is 1.27 bits per heavy atom. The van der Waals surface area contributed by atoms with Gasteiger partial charge in [-0.3, -0.25) is 0 Å². The van der Waals surface area contributed by atoms with Crippen LogP contribution in [0.15, 0.2) is 10.1 Å². The smallest absolute Gasteiger partial charge is 0.336 e. The highest BCUT2D eigenvalue weighted by Gasteiger charge is 2.26. The van der Waals surface area contributed by atoms with E-state index in [9.17, 15) is 4.79 Å². The van der Waals surface area contributed by atoms with Crippen molar-refractivity contribution < 1.29 is 9.53 Å². The first kappa shape index (κ1) is 12.9. The quantitative estimate of drug-likeness (QED) is 0.563. The number of esters is 1. The molecule has 0 aromatic rings. The molecule has 0 aromatic heterocycles. The molecule has 1 rings (SSSR count). The molecule has 2 nitrogen and oxygen atoms in total. The van der Waals surface area contributed by atoms with E-state index in [0.29, 0.717) is 12.2 Å². The van der Waals surface area contributed by atoms with Crippen molar-refractivity contribution in [2.45, 2.75) is 39.0 Å². The molecule has 0 aliphatic heterocycles. The van der Waals surface area contributed by atoms with Crippen molar-refractivity contribution in [1.82, 2.24) is 0 Å². The maximum absolute atomic E-state index is 11.6. The van der Waals surface area contributed by atoms with Crippen molar-refractivity contribution in [2.24, 2.45) is 5.92 Å². The SMILES string of the molecule is CCOC(=O)C(=C(Cl)Cl)C1CCCCC1. The van der Waals surface area contributed by atoms with Crippen molar-refractivity contribution in [2.75, 3.05) is 6.61 Å². The van der Waals surface area contributed by atoms with Crippen LogP contribution >= 0.6 is 23.2 Å². The summed E-state index contributed by atoms with van der Waals surface area (Å²) in [5.74, 6) is -0.174. The highest BCUT2D eigenvalue weighted by Crippen LogP contribution is 2.34. The van der Waals surface area contributed by atoms with Crippen LogP contribution in [0.4, 0.5) is 0 Å². The zero-order valence-electron chi connectivity index (χ0n) is 8.89. The predicted molar refractivity (Wildman–Crippen MR) is 61.9 cm³/mol. The van der Waals surface area contributed by atoms with Crippen molar-refractivity contribution in [3.8, 4) is 0 Å². The molecular formula is C11H16Cl2O2. The predicted octanol–water partition coefficient (Wildman–Crippen LogP) is 3.82. The maximum atomic E-state index is 11.6. The fourth-order valence-corrected chi connectivity index (χ4v) is 2.46.